The summed E-state index contributed by atoms with van der Waals surface area (Å²) in [6.45, 7) is 1.51. The highest BCUT2D eigenvalue weighted by atomic mass is 32.2. The first-order valence-corrected chi connectivity index (χ1v) is 9.02. The molecule has 24 heavy (non-hydrogen) atoms. The minimum Gasteiger partial charge on any atom is -0.493 e. The molecule has 0 radical (unpaired) electrons. The number of ether oxygens (including phenoxy) is 2. The van der Waals surface area contributed by atoms with Gasteiger partial charge in [-0.15, -0.1) is 11.8 Å². The Hall–Kier alpha value is -1.89. The van der Waals surface area contributed by atoms with Crippen molar-refractivity contribution in [1.29, 1.82) is 0 Å². The molecule has 2 fully saturated rings. The van der Waals surface area contributed by atoms with E-state index >= 15 is 0 Å². The Labute approximate surface area is 145 Å². The highest BCUT2D eigenvalue weighted by Gasteiger charge is 2.42. The molecule has 1 saturated heterocycles. The van der Waals surface area contributed by atoms with Crippen LogP contribution >= 0.6 is 11.8 Å². The lowest BCUT2D eigenvalue weighted by atomic mass is 10.1. The van der Waals surface area contributed by atoms with Crippen molar-refractivity contribution in [2.45, 2.75) is 37.2 Å². The molecule has 1 aromatic carbocycles. The van der Waals surface area contributed by atoms with Crippen molar-refractivity contribution in [3.05, 3.63) is 23.8 Å². The lowest BCUT2D eigenvalue weighted by Crippen LogP contribution is -2.47. The van der Waals surface area contributed by atoms with Crippen LogP contribution in [0.2, 0.25) is 0 Å². The van der Waals surface area contributed by atoms with E-state index < -0.39 is 6.04 Å². The molecule has 1 aliphatic carbocycles. The minimum atomic E-state index is -0.425. The van der Waals surface area contributed by atoms with Gasteiger partial charge in [-0.3, -0.25) is 9.59 Å². The van der Waals surface area contributed by atoms with Crippen molar-refractivity contribution in [2.75, 3.05) is 20.0 Å². The van der Waals surface area contributed by atoms with Crippen LogP contribution in [0.1, 0.15) is 30.7 Å². The van der Waals surface area contributed by atoms with E-state index in [1.807, 2.05) is 18.2 Å². The summed E-state index contributed by atoms with van der Waals surface area (Å²) < 4.78 is 10.6. The highest BCUT2D eigenvalue weighted by Crippen LogP contribution is 2.43. The topological polar surface area (TPSA) is 67.9 Å². The van der Waals surface area contributed by atoms with E-state index in [0.717, 1.165) is 18.4 Å². The fraction of sp³-hybridized carbons (Fsp3) is 0.529. The first kappa shape index (κ1) is 17.0. The molecule has 7 heteroatoms. The molecule has 0 unspecified atom stereocenters. The number of amides is 2. The van der Waals surface area contributed by atoms with Crippen molar-refractivity contribution >= 4 is 23.6 Å². The average molecular weight is 350 g/mol. The molecule has 0 bridgehead atoms. The van der Waals surface area contributed by atoms with E-state index in [0.29, 0.717) is 17.3 Å². The normalized spacial score (nSPS) is 23.0. The van der Waals surface area contributed by atoms with Crippen LogP contribution in [0.15, 0.2) is 18.2 Å². The van der Waals surface area contributed by atoms with E-state index in [1.54, 1.807) is 30.9 Å². The van der Waals surface area contributed by atoms with Gasteiger partial charge in [0.1, 0.15) is 11.4 Å². The van der Waals surface area contributed by atoms with Gasteiger partial charge in [-0.1, -0.05) is 6.07 Å². The van der Waals surface area contributed by atoms with Crippen molar-refractivity contribution < 1.29 is 19.1 Å². The molecule has 2 atom stereocenters. The fourth-order valence-electron chi connectivity index (χ4n) is 2.88. The Bertz CT molecular complexity index is 647. The van der Waals surface area contributed by atoms with Crippen molar-refractivity contribution in [2.24, 2.45) is 0 Å². The number of thioether (sulfide) groups is 1. The molecule has 1 saturated carbocycles. The first-order chi connectivity index (χ1) is 11.5. The third-order valence-electron chi connectivity index (χ3n) is 4.28. The van der Waals surface area contributed by atoms with Crippen LogP contribution in [0.5, 0.6) is 11.5 Å². The zero-order valence-electron chi connectivity index (χ0n) is 14.1. The molecule has 6 nitrogen and oxygen atoms in total. The second kappa shape index (κ2) is 6.93. The maximum absolute atomic E-state index is 12.4. The molecular formula is C17H22N2O4S. The number of benzene rings is 1. The third kappa shape index (κ3) is 3.31. The van der Waals surface area contributed by atoms with Gasteiger partial charge < -0.3 is 19.7 Å². The quantitative estimate of drug-likeness (QED) is 0.879. The molecule has 0 spiro atoms. The number of carbonyl (C=O) groups excluding carboxylic acids is 2. The number of methoxy groups -OCH3 is 2. The molecule has 2 aliphatic rings. The van der Waals surface area contributed by atoms with Crippen LogP contribution in [0, 0.1) is 0 Å². The lowest BCUT2D eigenvalue weighted by Gasteiger charge is -2.28. The molecule has 1 aromatic rings. The maximum Gasteiger partial charge on any atom is 0.243 e. The summed E-state index contributed by atoms with van der Waals surface area (Å²) >= 11 is 1.60. The number of nitrogens with zero attached hydrogens (tertiary/aromatic N) is 1. The monoisotopic (exact) mass is 350 g/mol. The standard InChI is InChI=1S/C17H22N2O4S/c1-10(20)19-13(16(21)18-12-5-6-12)9-24-17(19)11-4-7-14(22-2)15(8-11)23-3/h4,7-8,12-13,17H,5-6,9H2,1-3H3,(H,18,21)/t13-,17-/m1/s1. The van der Waals surface area contributed by atoms with E-state index in [-0.39, 0.29) is 23.2 Å². The Morgan fingerprint density at radius 1 is 1.21 bits per heavy atom. The molecule has 130 valence electrons. The number of hydrogen-bond acceptors (Lipinski definition) is 5. The largest absolute Gasteiger partial charge is 0.493 e. The van der Waals surface area contributed by atoms with Gasteiger partial charge in [0, 0.05) is 18.7 Å². The third-order valence-corrected chi connectivity index (χ3v) is 5.61. The van der Waals surface area contributed by atoms with Gasteiger partial charge in [-0.05, 0) is 30.5 Å². The Balaban J connectivity index is 1.84. The zero-order chi connectivity index (χ0) is 17.3. The zero-order valence-corrected chi connectivity index (χ0v) is 14.9. The number of nitrogens with one attached hydrogen (secondary N) is 1. The van der Waals surface area contributed by atoms with Gasteiger partial charge in [0.25, 0.3) is 0 Å². The van der Waals surface area contributed by atoms with Gasteiger partial charge in [0.05, 0.1) is 14.2 Å². The van der Waals surface area contributed by atoms with E-state index in [4.69, 9.17) is 9.47 Å². The van der Waals surface area contributed by atoms with Crippen LogP contribution in [-0.4, -0.2) is 48.8 Å². The SMILES string of the molecule is COc1ccc([C@H]2SC[C@H](C(=O)NC3CC3)N2C(C)=O)cc1OC. The van der Waals surface area contributed by atoms with Crippen LogP contribution < -0.4 is 14.8 Å². The number of carbonyl (C=O) groups is 2. The summed E-state index contributed by atoms with van der Waals surface area (Å²) in [5.41, 5.74) is 0.926. The second-order valence-corrected chi connectivity index (χ2v) is 7.14. The molecule has 3 rings (SSSR count). The van der Waals surface area contributed by atoms with Gasteiger partial charge >= 0.3 is 0 Å². The Morgan fingerprint density at radius 3 is 2.50 bits per heavy atom. The second-order valence-electron chi connectivity index (χ2n) is 6.03. The molecule has 1 N–H and O–H groups in total. The molecule has 1 heterocycles. The predicted octanol–water partition coefficient (Wildman–Crippen LogP) is 1.94. The summed E-state index contributed by atoms with van der Waals surface area (Å²) in [6, 6.07) is 5.47. The van der Waals surface area contributed by atoms with E-state index in [1.165, 1.54) is 6.92 Å². The van der Waals surface area contributed by atoms with Crippen molar-refractivity contribution in [1.82, 2.24) is 10.2 Å². The van der Waals surface area contributed by atoms with Crippen LogP contribution in [-0.2, 0) is 9.59 Å². The van der Waals surface area contributed by atoms with Crippen LogP contribution in [0.4, 0.5) is 0 Å². The lowest BCUT2D eigenvalue weighted by molar-refractivity contribution is -0.138. The summed E-state index contributed by atoms with van der Waals surface area (Å²) in [4.78, 5) is 26.3. The smallest absolute Gasteiger partial charge is 0.243 e. The van der Waals surface area contributed by atoms with Crippen LogP contribution in [0.3, 0.4) is 0 Å². The Kier molecular flexibility index (Phi) is 4.89. The summed E-state index contributed by atoms with van der Waals surface area (Å²) in [5.74, 6) is 1.70. The summed E-state index contributed by atoms with van der Waals surface area (Å²) in [7, 11) is 3.17. The highest BCUT2D eigenvalue weighted by molar-refractivity contribution is 7.99. The minimum absolute atomic E-state index is 0.0526. The van der Waals surface area contributed by atoms with Crippen LogP contribution in [0.25, 0.3) is 0 Å². The summed E-state index contributed by atoms with van der Waals surface area (Å²) in [5, 5.41) is 2.81. The fourth-order valence-corrected chi connectivity index (χ4v) is 4.35. The van der Waals surface area contributed by atoms with Gasteiger partial charge in [-0.2, -0.15) is 0 Å². The summed E-state index contributed by atoms with van der Waals surface area (Å²) in [6.07, 6.45) is 2.07. The van der Waals surface area contributed by atoms with Crippen molar-refractivity contribution in [3.8, 4) is 11.5 Å². The molecule has 1 aliphatic heterocycles. The van der Waals surface area contributed by atoms with Gasteiger partial charge in [-0.25, -0.2) is 0 Å². The van der Waals surface area contributed by atoms with Crippen molar-refractivity contribution in [3.63, 3.8) is 0 Å². The average Bonchev–Trinajstić information content (AvgIpc) is 3.27. The molecule has 0 aromatic heterocycles. The van der Waals surface area contributed by atoms with E-state index in [2.05, 4.69) is 5.32 Å². The number of rotatable bonds is 5. The first-order valence-electron chi connectivity index (χ1n) is 7.98. The molecule has 2 amide bonds. The Morgan fingerprint density at radius 2 is 1.92 bits per heavy atom. The van der Waals surface area contributed by atoms with E-state index in [9.17, 15) is 9.59 Å². The molecular weight excluding hydrogens is 328 g/mol. The van der Waals surface area contributed by atoms with Gasteiger partial charge in [0.2, 0.25) is 11.8 Å². The predicted molar refractivity (Wildman–Crippen MR) is 92.2 cm³/mol. The number of hydrogen-bond donors (Lipinski definition) is 1. The van der Waals surface area contributed by atoms with Gasteiger partial charge in [0.15, 0.2) is 11.5 Å². The maximum atomic E-state index is 12.4.